The van der Waals surface area contributed by atoms with Crippen molar-refractivity contribution in [2.75, 3.05) is 6.54 Å². The molecular weight excluding hydrogens is 404 g/mol. The number of halogens is 1. The van der Waals surface area contributed by atoms with Crippen molar-refractivity contribution in [1.82, 2.24) is 9.88 Å². The van der Waals surface area contributed by atoms with Gasteiger partial charge in [0.25, 0.3) is 11.5 Å². The Morgan fingerprint density at radius 2 is 1.81 bits per heavy atom. The molecule has 1 N–H and O–H groups in total. The van der Waals surface area contributed by atoms with Crippen molar-refractivity contribution < 1.29 is 4.79 Å². The number of likely N-dealkylation sites (tertiary alicyclic amines) is 1. The number of aromatic nitrogens is 1. The quantitative estimate of drug-likeness (QED) is 0.625. The summed E-state index contributed by atoms with van der Waals surface area (Å²) in [6.45, 7) is 0.672. The number of benzene rings is 2. The van der Waals surface area contributed by atoms with Crippen LogP contribution in [0, 0.1) is 0 Å². The molecule has 2 aromatic carbocycles. The fourth-order valence-electron chi connectivity index (χ4n) is 3.84. The number of amides is 1. The van der Waals surface area contributed by atoms with Gasteiger partial charge in [-0.05, 0) is 48.1 Å². The summed E-state index contributed by atoms with van der Waals surface area (Å²) in [5.41, 5.74) is 1.76. The first-order valence-corrected chi connectivity index (χ1v) is 10.1. The maximum atomic E-state index is 13.4. The standard InChI is InChI=1S/C22H21BrN2O2/c23-17-11-9-15(10-12-17)20-8-2-1-5-13-25(20)22(27)18-14-16-6-3-4-7-19(16)24-21(18)26/h3-4,6-7,9-12,14,20H,1-2,5,8,13H2,(H,24,26). The van der Waals surface area contributed by atoms with Crippen LogP contribution in [0.25, 0.3) is 10.9 Å². The monoisotopic (exact) mass is 424 g/mol. The molecule has 5 heteroatoms. The van der Waals surface area contributed by atoms with E-state index in [0.29, 0.717) is 6.54 Å². The molecule has 0 aliphatic carbocycles. The molecule has 1 unspecified atom stereocenters. The fraction of sp³-hybridized carbons (Fsp3) is 0.273. The van der Waals surface area contributed by atoms with Crippen molar-refractivity contribution >= 4 is 32.7 Å². The Kier molecular flexibility index (Phi) is 5.12. The Labute approximate surface area is 166 Å². The SMILES string of the molecule is O=C(c1cc2ccccc2[nH]c1=O)N1CCCCCC1c1ccc(Br)cc1. The van der Waals surface area contributed by atoms with Crippen molar-refractivity contribution in [3.8, 4) is 0 Å². The lowest BCUT2D eigenvalue weighted by Gasteiger charge is -2.30. The lowest BCUT2D eigenvalue weighted by atomic mass is 10.00. The van der Waals surface area contributed by atoms with Crippen LogP contribution in [0.4, 0.5) is 0 Å². The van der Waals surface area contributed by atoms with E-state index >= 15 is 0 Å². The number of pyridine rings is 1. The Balaban J connectivity index is 1.74. The van der Waals surface area contributed by atoms with Crippen molar-refractivity contribution in [3.05, 3.63) is 80.6 Å². The minimum atomic E-state index is -0.322. The first kappa shape index (κ1) is 18.0. The zero-order valence-corrected chi connectivity index (χ0v) is 16.5. The van der Waals surface area contributed by atoms with Gasteiger partial charge in [0.15, 0.2) is 0 Å². The number of nitrogens with zero attached hydrogens (tertiary/aromatic N) is 1. The number of para-hydroxylation sites is 1. The van der Waals surface area contributed by atoms with Crippen LogP contribution in [0.3, 0.4) is 0 Å². The second-order valence-electron chi connectivity index (χ2n) is 7.01. The van der Waals surface area contributed by atoms with E-state index in [1.807, 2.05) is 41.3 Å². The van der Waals surface area contributed by atoms with E-state index in [1.165, 1.54) is 0 Å². The molecule has 0 bridgehead atoms. The van der Waals surface area contributed by atoms with Gasteiger partial charge in [-0.3, -0.25) is 9.59 Å². The Morgan fingerprint density at radius 3 is 2.63 bits per heavy atom. The van der Waals surface area contributed by atoms with Crippen LogP contribution in [0.5, 0.6) is 0 Å². The summed E-state index contributed by atoms with van der Waals surface area (Å²) in [4.78, 5) is 30.7. The maximum absolute atomic E-state index is 13.4. The highest BCUT2D eigenvalue weighted by atomic mass is 79.9. The average Bonchev–Trinajstić information content (AvgIpc) is 2.93. The normalized spacial score (nSPS) is 17.7. The molecule has 1 atom stereocenters. The highest BCUT2D eigenvalue weighted by Crippen LogP contribution is 2.32. The minimum Gasteiger partial charge on any atom is -0.331 e. The van der Waals surface area contributed by atoms with Crippen LogP contribution in [-0.2, 0) is 0 Å². The second kappa shape index (κ2) is 7.69. The van der Waals surface area contributed by atoms with Gasteiger partial charge in [-0.15, -0.1) is 0 Å². The van der Waals surface area contributed by atoms with Gasteiger partial charge in [0.05, 0.1) is 6.04 Å². The van der Waals surface area contributed by atoms with E-state index in [1.54, 1.807) is 6.07 Å². The summed E-state index contributed by atoms with van der Waals surface area (Å²) in [5.74, 6) is -0.183. The van der Waals surface area contributed by atoms with Gasteiger partial charge in [0.1, 0.15) is 5.56 Å². The van der Waals surface area contributed by atoms with Crippen LogP contribution in [0.1, 0.15) is 47.6 Å². The molecule has 3 aromatic rings. The number of hydrogen-bond acceptors (Lipinski definition) is 2. The molecule has 138 valence electrons. The third kappa shape index (κ3) is 3.69. The summed E-state index contributed by atoms with van der Waals surface area (Å²) in [6.07, 6.45) is 4.06. The zero-order chi connectivity index (χ0) is 18.8. The van der Waals surface area contributed by atoms with Crippen LogP contribution >= 0.6 is 15.9 Å². The summed E-state index contributed by atoms with van der Waals surface area (Å²) >= 11 is 3.47. The van der Waals surface area contributed by atoms with Gasteiger partial charge in [-0.25, -0.2) is 0 Å². The van der Waals surface area contributed by atoms with Crippen LogP contribution in [0.2, 0.25) is 0 Å². The minimum absolute atomic E-state index is 0.000953. The van der Waals surface area contributed by atoms with Gasteiger partial charge in [0, 0.05) is 16.5 Å². The number of rotatable bonds is 2. The third-order valence-electron chi connectivity index (χ3n) is 5.25. The van der Waals surface area contributed by atoms with Gasteiger partial charge in [0.2, 0.25) is 0 Å². The van der Waals surface area contributed by atoms with Gasteiger partial charge >= 0.3 is 0 Å². The molecule has 0 saturated carbocycles. The first-order chi connectivity index (χ1) is 13.1. The number of H-pyrrole nitrogens is 1. The molecule has 4 rings (SSSR count). The molecule has 1 amide bonds. The summed E-state index contributed by atoms with van der Waals surface area (Å²) in [7, 11) is 0. The molecule has 2 heterocycles. The molecule has 4 nitrogen and oxygen atoms in total. The van der Waals surface area contributed by atoms with Crippen molar-refractivity contribution in [3.63, 3.8) is 0 Å². The molecule has 27 heavy (non-hydrogen) atoms. The highest BCUT2D eigenvalue weighted by molar-refractivity contribution is 9.10. The molecule has 0 radical (unpaired) electrons. The molecule has 1 aliphatic rings. The lowest BCUT2D eigenvalue weighted by Crippen LogP contribution is -2.37. The van der Waals surface area contributed by atoms with E-state index in [4.69, 9.17) is 0 Å². The lowest BCUT2D eigenvalue weighted by molar-refractivity contribution is 0.0679. The summed E-state index contributed by atoms with van der Waals surface area (Å²) < 4.78 is 1.02. The molecular formula is C22H21BrN2O2. The number of carbonyl (C=O) groups excluding carboxylic acids is 1. The molecule has 1 fully saturated rings. The molecule has 1 aliphatic heterocycles. The highest BCUT2D eigenvalue weighted by Gasteiger charge is 2.29. The number of nitrogens with one attached hydrogen (secondary N) is 1. The van der Waals surface area contributed by atoms with Crippen LogP contribution in [-0.4, -0.2) is 22.3 Å². The van der Waals surface area contributed by atoms with E-state index in [0.717, 1.165) is 46.6 Å². The third-order valence-corrected chi connectivity index (χ3v) is 5.78. The van der Waals surface area contributed by atoms with Gasteiger partial charge < -0.3 is 9.88 Å². The van der Waals surface area contributed by atoms with E-state index in [2.05, 4.69) is 33.0 Å². The first-order valence-electron chi connectivity index (χ1n) is 9.32. The van der Waals surface area contributed by atoms with Crippen molar-refractivity contribution in [2.45, 2.75) is 31.7 Å². The number of fused-ring (bicyclic) bond motifs is 1. The van der Waals surface area contributed by atoms with Crippen molar-refractivity contribution in [2.24, 2.45) is 0 Å². The summed E-state index contributed by atoms with van der Waals surface area (Å²) in [5, 5.41) is 0.871. The molecule has 1 saturated heterocycles. The second-order valence-corrected chi connectivity index (χ2v) is 7.93. The van der Waals surface area contributed by atoms with Gasteiger partial charge in [-0.1, -0.05) is 59.1 Å². The average molecular weight is 425 g/mol. The predicted octanol–water partition coefficient (Wildman–Crippen LogP) is 5.05. The topological polar surface area (TPSA) is 53.2 Å². The zero-order valence-electron chi connectivity index (χ0n) is 15.0. The Morgan fingerprint density at radius 1 is 1.04 bits per heavy atom. The fourth-order valence-corrected chi connectivity index (χ4v) is 4.11. The van der Waals surface area contributed by atoms with Crippen LogP contribution < -0.4 is 5.56 Å². The smallest absolute Gasteiger partial charge is 0.261 e. The summed E-state index contributed by atoms with van der Waals surface area (Å²) in [6, 6.07) is 17.4. The predicted molar refractivity (Wildman–Crippen MR) is 111 cm³/mol. The molecule has 0 spiro atoms. The van der Waals surface area contributed by atoms with E-state index in [9.17, 15) is 9.59 Å². The largest absolute Gasteiger partial charge is 0.331 e. The van der Waals surface area contributed by atoms with Crippen molar-refractivity contribution in [1.29, 1.82) is 0 Å². The Bertz CT molecular complexity index is 1030. The number of aromatic amines is 1. The number of hydrogen-bond donors (Lipinski definition) is 1. The van der Waals surface area contributed by atoms with E-state index < -0.39 is 0 Å². The molecule has 1 aromatic heterocycles. The number of carbonyl (C=O) groups is 1. The van der Waals surface area contributed by atoms with Gasteiger partial charge in [-0.2, -0.15) is 0 Å². The van der Waals surface area contributed by atoms with Crippen LogP contribution in [0.15, 0.2) is 63.9 Å². The Hall–Kier alpha value is -2.40. The van der Waals surface area contributed by atoms with E-state index in [-0.39, 0.29) is 23.1 Å². The maximum Gasteiger partial charge on any atom is 0.261 e.